The lowest BCUT2D eigenvalue weighted by Gasteiger charge is -2.11. The molecular formula is C15H16N4O2. The molecule has 0 saturated carbocycles. The van der Waals surface area contributed by atoms with Gasteiger partial charge >= 0.3 is 0 Å². The molecule has 1 aliphatic heterocycles. The maximum Gasteiger partial charge on any atom is 0.299 e. The zero-order chi connectivity index (χ0) is 14.5. The molecule has 6 heteroatoms. The van der Waals surface area contributed by atoms with Gasteiger partial charge in [0.05, 0.1) is 12.8 Å². The largest absolute Gasteiger partial charge is 0.381 e. The maximum atomic E-state index is 12.1. The van der Waals surface area contributed by atoms with Crippen LogP contribution in [0.4, 0.5) is 0 Å². The Morgan fingerprint density at radius 2 is 2.38 bits per heavy atom. The van der Waals surface area contributed by atoms with Gasteiger partial charge in [-0.15, -0.1) is 0 Å². The average Bonchev–Trinajstić information content (AvgIpc) is 3.03. The third-order valence-corrected chi connectivity index (χ3v) is 3.39. The second-order valence-electron chi connectivity index (χ2n) is 4.95. The first-order valence-corrected chi connectivity index (χ1v) is 6.91. The molecule has 3 heterocycles. The highest BCUT2D eigenvalue weighted by atomic mass is 16.5. The Hall–Kier alpha value is -2.34. The molecule has 0 radical (unpaired) electrons. The van der Waals surface area contributed by atoms with Crippen LogP contribution in [0, 0.1) is 5.92 Å². The second kappa shape index (κ2) is 6.41. The minimum Gasteiger partial charge on any atom is -0.381 e. The van der Waals surface area contributed by atoms with Crippen molar-refractivity contribution < 1.29 is 9.53 Å². The third kappa shape index (κ3) is 3.41. The van der Waals surface area contributed by atoms with E-state index >= 15 is 0 Å². The van der Waals surface area contributed by atoms with E-state index < -0.39 is 0 Å². The lowest BCUT2D eigenvalue weighted by Crippen LogP contribution is -2.25. The van der Waals surface area contributed by atoms with Gasteiger partial charge in [0.2, 0.25) is 0 Å². The van der Waals surface area contributed by atoms with E-state index in [-0.39, 0.29) is 11.6 Å². The number of pyridine rings is 1. The van der Waals surface area contributed by atoms with Gasteiger partial charge in [0.15, 0.2) is 0 Å². The van der Waals surface area contributed by atoms with Crippen molar-refractivity contribution in [3.8, 4) is 0 Å². The highest BCUT2D eigenvalue weighted by molar-refractivity contribution is 5.92. The van der Waals surface area contributed by atoms with Gasteiger partial charge in [-0.2, -0.15) is 4.99 Å². The van der Waals surface area contributed by atoms with Crippen LogP contribution >= 0.6 is 0 Å². The van der Waals surface area contributed by atoms with Crippen molar-refractivity contribution in [2.45, 2.75) is 13.0 Å². The van der Waals surface area contributed by atoms with Crippen LogP contribution in [0.25, 0.3) is 0 Å². The molecule has 21 heavy (non-hydrogen) atoms. The monoisotopic (exact) mass is 284 g/mol. The van der Waals surface area contributed by atoms with Crippen molar-refractivity contribution in [1.82, 2.24) is 14.5 Å². The van der Waals surface area contributed by atoms with E-state index in [1.807, 2.05) is 29.0 Å². The number of rotatable bonds is 3. The molecule has 2 aromatic heterocycles. The molecule has 1 amide bonds. The lowest BCUT2D eigenvalue weighted by atomic mass is 10.1. The van der Waals surface area contributed by atoms with Crippen LogP contribution in [-0.2, 0) is 11.3 Å². The van der Waals surface area contributed by atoms with Crippen molar-refractivity contribution in [3.63, 3.8) is 0 Å². The summed E-state index contributed by atoms with van der Waals surface area (Å²) in [5, 5.41) is 0. The van der Waals surface area contributed by atoms with E-state index in [2.05, 4.69) is 15.0 Å². The summed E-state index contributed by atoms with van der Waals surface area (Å²) in [6.45, 7) is 2.37. The highest BCUT2D eigenvalue weighted by Crippen LogP contribution is 2.13. The predicted molar refractivity (Wildman–Crippen MR) is 75.3 cm³/mol. The van der Waals surface area contributed by atoms with Gasteiger partial charge in [-0.05, 0) is 18.6 Å². The van der Waals surface area contributed by atoms with Crippen LogP contribution in [0.5, 0.6) is 0 Å². The van der Waals surface area contributed by atoms with Crippen LogP contribution in [0.2, 0.25) is 0 Å². The fraction of sp³-hybridized carbons (Fsp3) is 0.333. The van der Waals surface area contributed by atoms with Gasteiger partial charge < -0.3 is 9.30 Å². The Morgan fingerprint density at radius 1 is 1.43 bits per heavy atom. The number of hydrogen-bond donors (Lipinski definition) is 0. The normalized spacial score (nSPS) is 18.9. The molecular weight excluding hydrogens is 268 g/mol. The molecule has 1 fully saturated rings. The zero-order valence-corrected chi connectivity index (χ0v) is 11.6. The van der Waals surface area contributed by atoms with Crippen molar-refractivity contribution >= 4 is 5.91 Å². The molecule has 1 aliphatic rings. The van der Waals surface area contributed by atoms with E-state index in [4.69, 9.17) is 4.74 Å². The summed E-state index contributed by atoms with van der Waals surface area (Å²) in [6, 6.07) is 5.62. The topological polar surface area (TPSA) is 69.4 Å². The zero-order valence-electron chi connectivity index (χ0n) is 11.6. The smallest absolute Gasteiger partial charge is 0.299 e. The third-order valence-electron chi connectivity index (χ3n) is 3.39. The Bertz CT molecular complexity index is 675. The van der Waals surface area contributed by atoms with E-state index in [1.165, 1.54) is 18.6 Å². The van der Waals surface area contributed by atoms with Crippen LogP contribution < -0.4 is 5.49 Å². The van der Waals surface area contributed by atoms with Gasteiger partial charge in [-0.3, -0.25) is 9.78 Å². The van der Waals surface area contributed by atoms with Gasteiger partial charge in [0.25, 0.3) is 5.91 Å². The van der Waals surface area contributed by atoms with Crippen LogP contribution in [0.1, 0.15) is 16.9 Å². The first kappa shape index (κ1) is 13.6. The molecule has 3 rings (SSSR count). The number of aromatic nitrogens is 3. The van der Waals surface area contributed by atoms with Gasteiger partial charge in [-0.1, -0.05) is 6.07 Å². The summed E-state index contributed by atoms with van der Waals surface area (Å²) in [6.07, 6.45) is 7.40. The summed E-state index contributed by atoms with van der Waals surface area (Å²) < 4.78 is 7.37. The van der Waals surface area contributed by atoms with Gasteiger partial charge in [0, 0.05) is 37.7 Å². The molecule has 108 valence electrons. The van der Waals surface area contributed by atoms with Gasteiger partial charge in [-0.25, -0.2) is 4.98 Å². The second-order valence-corrected chi connectivity index (χ2v) is 4.95. The summed E-state index contributed by atoms with van der Waals surface area (Å²) in [5.41, 5.74) is 0.872. The van der Waals surface area contributed by atoms with Crippen molar-refractivity contribution in [2.75, 3.05) is 13.2 Å². The Kier molecular flexibility index (Phi) is 4.16. The van der Waals surface area contributed by atoms with E-state index in [1.54, 1.807) is 0 Å². The molecule has 0 spiro atoms. The summed E-state index contributed by atoms with van der Waals surface area (Å²) in [7, 11) is 0. The molecule has 1 saturated heterocycles. The predicted octanol–water partition coefficient (Wildman–Crippen LogP) is 1.06. The molecule has 1 unspecified atom stereocenters. The number of hydrogen-bond acceptors (Lipinski definition) is 4. The SMILES string of the molecule is O=C(N=c1ccccn1CC1CCOC1)c1cnccn1. The first-order valence-electron chi connectivity index (χ1n) is 6.91. The number of carbonyl (C=O) groups is 1. The van der Waals surface area contributed by atoms with E-state index in [9.17, 15) is 4.79 Å². The summed E-state index contributed by atoms with van der Waals surface area (Å²) in [4.78, 5) is 24.1. The minimum atomic E-state index is -0.384. The molecule has 0 bridgehead atoms. The molecule has 2 aromatic rings. The van der Waals surface area contributed by atoms with Crippen molar-refractivity contribution in [3.05, 3.63) is 54.2 Å². The molecule has 0 N–H and O–H groups in total. The first-order chi connectivity index (χ1) is 10.3. The lowest BCUT2D eigenvalue weighted by molar-refractivity contribution is 0.0991. The van der Waals surface area contributed by atoms with E-state index in [0.29, 0.717) is 11.4 Å². The Morgan fingerprint density at radius 3 is 3.14 bits per heavy atom. The van der Waals surface area contributed by atoms with E-state index in [0.717, 1.165) is 26.2 Å². The Labute approximate surface area is 122 Å². The standard InChI is InChI=1S/C15H16N4O2/c20-15(13-9-16-5-6-17-13)18-14-3-1-2-7-19(14)10-12-4-8-21-11-12/h1-3,5-7,9,12H,4,8,10-11H2. The number of nitrogens with zero attached hydrogens (tertiary/aromatic N) is 4. The number of ether oxygens (including phenoxy) is 1. The maximum absolute atomic E-state index is 12.1. The molecule has 0 aliphatic carbocycles. The highest BCUT2D eigenvalue weighted by Gasteiger charge is 2.16. The molecule has 0 aromatic carbocycles. The molecule has 6 nitrogen and oxygen atoms in total. The minimum absolute atomic E-state index is 0.247. The molecule has 1 atom stereocenters. The Balaban J connectivity index is 1.87. The van der Waals surface area contributed by atoms with Crippen LogP contribution in [0.15, 0.2) is 48.0 Å². The number of amides is 1. The van der Waals surface area contributed by atoms with Crippen molar-refractivity contribution in [1.29, 1.82) is 0 Å². The summed E-state index contributed by atoms with van der Waals surface area (Å²) in [5.74, 6) is 0.0868. The van der Waals surface area contributed by atoms with Crippen LogP contribution in [0.3, 0.4) is 0 Å². The quantitative estimate of drug-likeness (QED) is 0.845. The van der Waals surface area contributed by atoms with Gasteiger partial charge in [0.1, 0.15) is 11.2 Å². The van der Waals surface area contributed by atoms with Crippen molar-refractivity contribution in [2.24, 2.45) is 10.9 Å². The fourth-order valence-corrected chi connectivity index (χ4v) is 2.30. The average molecular weight is 284 g/mol. The van der Waals surface area contributed by atoms with Crippen LogP contribution in [-0.4, -0.2) is 33.7 Å². The fourth-order valence-electron chi connectivity index (χ4n) is 2.30. The number of carbonyl (C=O) groups excluding carboxylic acids is 1. The summed E-state index contributed by atoms with van der Waals surface area (Å²) >= 11 is 0.